The number of amides is 2. The smallest absolute Gasteiger partial charge is 0.321 e. The number of anilines is 3. The van der Waals surface area contributed by atoms with Gasteiger partial charge in [-0.05, 0) is 32.0 Å². The number of benzene rings is 1. The van der Waals surface area contributed by atoms with Crippen molar-refractivity contribution in [3.05, 3.63) is 40.8 Å². The van der Waals surface area contributed by atoms with Gasteiger partial charge < -0.3 is 20.4 Å². The lowest BCUT2D eigenvalue weighted by Crippen LogP contribution is -2.50. The fourth-order valence-corrected chi connectivity index (χ4v) is 3.05. The van der Waals surface area contributed by atoms with E-state index in [0.29, 0.717) is 37.8 Å². The van der Waals surface area contributed by atoms with Crippen molar-refractivity contribution in [1.29, 1.82) is 0 Å². The van der Waals surface area contributed by atoms with Crippen LogP contribution in [0.1, 0.15) is 12.6 Å². The summed E-state index contributed by atoms with van der Waals surface area (Å²) in [6.45, 7) is 7.13. The third-order valence-electron chi connectivity index (χ3n) is 4.24. The zero-order chi connectivity index (χ0) is 19.4. The number of carbonyl (C=O) groups is 1. The summed E-state index contributed by atoms with van der Waals surface area (Å²) in [5.41, 5.74) is 1.36. The van der Waals surface area contributed by atoms with Crippen molar-refractivity contribution in [1.82, 2.24) is 14.9 Å². The maximum Gasteiger partial charge on any atom is 0.321 e. The van der Waals surface area contributed by atoms with Gasteiger partial charge >= 0.3 is 6.03 Å². The van der Waals surface area contributed by atoms with Gasteiger partial charge in [-0.3, -0.25) is 0 Å². The summed E-state index contributed by atoms with van der Waals surface area (Å²) in [6.07, 6.45) is 0. The molecule has 2 heterocycles. The molecule has 0 saturated carbocycles. The number of carbonyl (C=O) groups excluding carboxylic acids is 1. The molecule has 1 aliphatic heterocycles. The van der Waals surface area contributed by atoms with Crippen molar-refractivity contribution in [3.8, 4) is 0 Å². The van der Waals surface area contributed by atoms with Gasteiger partial charge in [-0.2, -0.15) is 4.98 Å². The maximum absolute atomic E-state index is 13.2. The Hall–Kier alpha value is -2.61. The minimum Gasteiger partial charge on any atom is -0.354 e. The lowest BCUT2D eigenvalue weighted by atomic mass is 10.3. The molecular formula is C18H22ClFN6O. The van der Waals surface area contributed by atoms with Gasteiger partial charge in [-0.15, -0.1) is 0 Å². The van der Waals surface area contributed by atoms with E-state index in [0.717, 1.165) is 18.1 Å². The first-order chi connectivity index (χ1) is 13.0. The average Bonchev–Trinajstić information content (AvgIpc) is 2.65. The molecule has 0 radical (unpaired) electrons. The second kappa shape index (κ2) is 8.39. The minimum absolute atomic E-state index is 0.0201. The third-order valence-corrected chi connectivity index (χ3v) is 4.53. The molecule has 1 aliphatic rings. The summed E-state index contributed by atoms with van der Waals surface area (Å²) in [4.78, 5) is 25.2. The highest BCUT2D eigenvalue weighted by molar-refractivity contribution is 6.31. The number of rotatable bonds is 4. The van der Waals surface area contributed by atoms with Crippen LogP contribution in [-0.2, 0) is 0 Å². The molecule has 3 rings (SSSR count). The van der Waals surface area contributed by atoms with E-state index >= 15 is 0 Å². The van der Waals surface area contributed by atoms with Crippen LogP contribution in [0.5, 0.6) is 0 Å². The molecule has 2 aromatic rings. The molecule has 0 spiro atoms. The summed E-state index contributed by atoms with van der Waals surface area (Å²) < 4.78 is 13.2. The molecule has 2 amide bonds. The first-order valence-electron chi connectivity index (χ1n) is 8.81. The van der Waals surface area contributed by atoms with Crippen molar-refractivity contribution < 1.29 is 9.18 Å². The van der Waals surface area contributed by atoms with E-state index in [4.69, 9.17) is 11.6 Å². The van der Waals surface area contributed by atoms with Crippen LogP contribution >= 0.6 is 11.6 Å². The Bertz CT molecular complexity index is 825. The first-order valence-corrected chi connectivity index (χ1v) is 9.19. The predicted octanol–water partition coefficient (Wildman–Crippen LogP) is 3.36. The Kier molecular flexibility index (Phi) is 5.95. The second-order valence-corrected chi connectivity index (χ2v) is 6.66. The Labute approximate surface area is 162 Å². The van der Waals surface area contributed by atoms with Gasteiger partial charge in [-0.1, -0.05) is 11.6 Å². The van der Waals surface area contributed by atoms with Crippen molar-refractivity contribution in [2.45, 2.75) is 13.8 Å². The Morgan fingerprint density at radius 1 is 1.22 bits per heavy atom. The molecule has 2 N–H and O–H groups in total. The summed E-state index contributed by atoms with van der Waals surface area (Å²) in [7, 11) is 0. The first kappa shape index (κ1) is 19.2. The maximum atomic E-state index is 13.2. The van der Waals surface area contributed by atoms with E-state index < -0.39 is 5.82 Å². The molecule has 0 unspecified atom stereocenters. The lowest BCUT2D eigenvalue weighted by Gasteiger charge is -2.35. The van der Waals surface area contributed by atoms with Gasteiger partial charge in [0.1, 0.15) is 11.6 Å². The summed E-state index contributed by atoms with van der Waals surface area (Å²) in [6, 6.07) is 5.83. The molecule has 0 aliphatic carbocycles. The van der Waals surface area contributed by atoms with Gasteiger partial charge in [0.2, 0.25) is 5.95 Å². The monoisotopic (exact) mass is 392 g/mol. The quantitative estimate of drug-likeness (QED) is 0.834. The molecule has 0 atom stereocenters. The van der Waals surface area contributed by atoms with E-state index in [1.54, 1.807) is 4.90 Å². The minimum atomic E-state index is -0.514. The van der Waals surface area contributed by atoms with Crippen LogP contribution in [0.3, 0.4) is 0 Å². The summed E-state index contributed by atoms with van der Waals surface area (Å²) in [5, 5.41) is 5.86. The molecule has 7 nitrogen and oxygen atoms in total. The number of nitrogens with zero attached hydrogens (tertiary/aromatic N) is 4. The largest absolute Gasteiger partial charge is 0.354 e. The Balaban J connectivity index is 1.59. The highest BCUT2D eigenvalue weighted by Crippen LogP contribution is 2.21. The third kappa shape index (κ3) is 4.77. The molecule has 1 saturated heterocycles. The molecule has 144 valence electrons. The number of piperazine rings is 1. The van der Waals surface area contributed by atoms with Crippen LogP contribution in [-0.4, -0.2) is 53.6 Å². The topological polar surface area (TPSA) is 73.4 Å². The van der Waals surface area contributed by atoms with Crippen LogP contribution in [0.4, 0.5) is 26.6 Å². The number of aromatic nitrogens is 2. The number of hydrogen-bond acceptors (Lipinski definition) is 5. The SMILES string of the molecule is CCNc1nc(C)cc(N2CCN(C(=O)Nc3ccc(F)c(Cl)c3)CC2)n1. The van der Waals surface area contributed by atoms with Crippen molar-refractivity contribution in [2.24, 2.45) is 0 Å². The van der Waals surface area contributed by atoms with Crippen molar-refractivity contribution in [2.75, 3.05) is 48.3 Å². The molecule has 1 fully saturated rings. The van der Waals surface area contributed by atoms with E-state index in [-0.39, 0.29) is 11.1 Å². The van der Waals surface area contributed by atoms with Crippen LogP contribution in [0.15, 0.2) is 24.3 Å². The molecule has 1 aromatic carbocycles. The zero-order valence-electron chi connectivity index (χ0n) is 15.3. The lowest BCUT2D eigenvalue weighted by molar-refractivity contribution is 0.208. The van der Waals surface area contributed by atoms with E-state index in [2.05, 4.69) is 25.5 Å². The molecule has 9 heteroatoms. The van der Waals surface area contributed by atoms with Crippen molar-refractivity contribution in [3.63, 3.8) is 0 Å². The van der Waals surface area contributed by atoms with Gasteiger partial charge in [0.15, 0.2) is 0 Å². The van der Waals surface area contributed by atoms with E-state index in [1.807, 2.05) is 19.9 Å². The molecular weight excluding hydrogens is 371 g/mol. The van der Waals surface area contributed by atoms with Crippen LogP contribution < -0.4 is 15.5 Å². The van der Waals surface area contributed by atoms with Crippen LogP contribution in [0, 0.1) is 12.7 Å². The Morgan fingerprint density at radius 2 is 1.96 bits per heavy atom. The molecule has 1 aromatic heterocycles. The zero-order valence-corrected chi connectivity index (χ0v) is 16.1. The van der Waals surface area contributed by atoms with E-state index in [1.165, 1.54) is 18.2 Å². The number of aryl methyl sites for hydroxylation is 1. The van der Waals surface area contributed by atoms with Gasteiger partial charge in [0, 0.05) is 50.2 Å². The number of nitrogens with one attached hydrogen (secondary N) is 2. The van der Waals surface area contributed by atoms with E-state index in [9.17, 15) is 9.18 Å². The van der Waals surface area contributed by atoms with Crippen LogP contribution in [0.25, 0.3) is 0 Å². The standard InChI is InChI=1S/C18H22ClFN6O/c1-3-21-17-22-12(2)10-16(24-17)25-6-8-26(9-7-25)18(27)23-13-4-5-15(20)14(19)11-13/h4-5,10-11H,3,6-9H2,1-2H3,(H,23,27)(H,21,22,24). The predicted molar refractivity (Wildman–Crippen MR) is 105 cm³/mol. The fourth-order valence-electron chi connectivity index (χ4n) is 2.87. The molecule has 27 heavy (non-hydrogen) atoms. The fraction of sp³-hybridized carbons (Fsp3) is 0.389. The summed E-state index contributed by atoms with van der Waals surface area (Å²) in [5.74, 6) is 0.949. The van der Waals surface area contributed by atoms with Gasteiger partial charge in [0.05, 0.1) is 5.02 Å². The number of urea groups is 1. The highest BCUT2D eigenvalue weighted by Gasteiger charge is 2.22. The van der Waals surface area contributed by atoms with Gasteiger partial charge in [0.25, 0.3) is 0 Å². The number of halogens is 2. The van der Waals surface area contributed by atoms with Crippen molar-refractivity contribution >= 4 is 35.1 Å². The normalized spacial score (nSPS) is 14.2. The second-order valence-electron chi connectivity index (χ2n) is 6.25. The summed E-state index contributed by atoms with van der Waals surface area (Å²) >= 11 is 5.75. The molecule has 0 bridgehead atoms. The van der Waals surface area contributed by atoms with Crippen LogP contribution in [0.2, 0.25) is 5.02 Å². The Morgan fingerprint density at radius 3 is 2.63 bits per heavy atom. The number of hydrogen-bond donors (Lipinski definition) is 2. The highest BCUT2D eigenvalue weighted by atomic mass is 35.5. The van der Waals surface area contributed by atoms with Gasteiger partial charge in [-0.25, -0.2) is 14.2 Å². The average molecular weight is 393 g/mol.